The zero-order valence-corrected chi connectivity index (χ0v) is 18.3. The molecule has 0 bridgehead atoms. The summed E-state index contributed by atoms with van der Waals surface area (Å²) in [4.78, 5) is 26.5. The van der Waals surface area contributed by atoms with Gasteiger partial charge in [-0.3, -0.25) is 9.59 Å². The zero-order chi connectivity index (χ0) is 21.6. The third kappa shape index (κ3) is 5.83. The Hall–Kier alpha value is -2.82. The van der Waals surface area contributed by atoms with Crippen molar-refractivity contribution in [2.45, 2.75) is 52.9 Å². The van der Waals surface area contributed by atoms with Crippen LogP contribution in [0.5, 0.6) is 5.75 Å². The number of rotatable bonds is 8. The number of carbonyl (C=O) groups is 2. The Labute approximate surface area is 174 Å². The number of para-hydroxylation sites is 1. The topological polar surface area (TPSA) is 58.6 Å². The maximum Gasteiger partial charge on any atom is 0.226 e. The smallest absolute Gasteiger partial charge is 0.226 e. The quantitative estimate of drug-likeness (QED) is 0.657. The number of methoxy groups -OCH3 is 1. The summed E-state index contributed by atoms with van der Waals surface area (Å²) in [5, 5.41) is 3.11. The summed E-state index contributed by atoms with van der Waals surface area (Å²) < 4.78 is 5.24. The summed E-state index contributed by atoms with van der Waals surface area (Å²) in [5.74, 6) is 1.06. The molecule has 0 heterocycles. The number of carbonyl (C=O) groups excluding carboxylic acids is 2. The second-order valence-electron chi connectivity index (χ2n) is 7.79. The van der Waals surface area contributed by atoms with E-state index in [2.05, 4.69) is 45.1 Å². The van der Waals surface area contributed by atoms with Crippen LogP contribution in [0.3, 0.4) is 0 Å². The molecule has 156 valence electrons. The molecule has 0 aliphatic heterocycles. The Kier molecular flexibility index (Phi) is 7.82. The molecule has 1 N–H and O–H groups in total. The molecule has 0 aliphatic carbocycles. The summed E-state index contributed by atoms with van der Waals surface area (Å²) >= 11 is 0. The van der Waals surface area contributed by atoms with Gasteiger partial charge >= 0.3 is 0 Å². The van der Waals surface area contributed by atoms with Crippen molar-refractivity contribution in [3.8, 4) is 5.75 Å². The molecule has 0 fully saturated rings. The lowest BCUT2D eigenvalue weighted by molar-refractivity contribution is -0.117. The van der Waals surface area contributed by atoms with Crippen LogP contribution in [0.25, 0.3) is 0 Å². The van der Waals surface area contributed by atoms with Gasteiger partial charge in [0.2, 0.25) is 11.8 Å². The van der Waals surface area contributed by atoms with Gasteiger partial charge in [-0.2, -0.15) is 0 Å². The molecule has 2 amide bonds. The van der Waals surface area contributed by atoms with E-state index in [4.69, 9.17) is 4.74 Å². The maximum absolute atomic E-state index is 12.8. The van der Waals surface area contributed by atoms with Crippen LogP contribution >= 0.6 is 0 Å². The van der Waals surface area contributed by atoms with E-state index in [0.29, 0.717) is 24.1 Å². The highest BCUT2D eigenvalue weighted by Crippen LogP contribution is 2.32. The Bertz CT molecular complexity index is 833. The van der Waals surface area contributed by atoms with E-state index in [9.17, 15) is 9.59 Å². The lowest BCUT2D eigenvalue weighted by Gasteiger charge is -2.23. The Morgan fingerprint density at radius 1 is 1.00 bits per heavy atom. The Morgan fingerprint density at radius 2 is 1.59 bits per heavy atom. The van der Waals surface area contributed by atoms with Crippen molar-refractivity contribution in [2.24, 2.45) is 0 Å². The fourth-order valence-electron chi connectivity index (χ4n) is 3.36. The first kappa shape index (κ1) is 22.5. The van der Waals surface area contributed by atoms with E-state index in [1.54, 1.807) is 18.1 Å². The number of hydrogen-bond donors (Lipinski definition) is 1. The lowest BCUT2D eigenvalue weighted by atomic mass is 9.92. The highest BCUT2D eigenvalue weighted by atomic mass is 16.5. The standard InChI is InChI=1S/C24H32N2O3/c1-16(2)21-11-8-12-22(17(3)4)24(21)25-23(28)13-14-26(18(5)27)19-9-7-10-20(15-19)29-6/h7-12,15-17H,13-14H2,1-6H3,(H,25,28). The van der Waals surface area contributed by atoms with Crippen molar-refractivity contribution < 1.29 is 14.3 Å². The number of hydrogen-bond acceptors (Lipinski definition) is 3. The van der Waals surface area contributed by atoms with Crippen LogP contribution < -0.4 is 15.0 Å². The molecule has 29 heavy (non-hydrogen) atoms. The minimum absolute atomic E-state index is 0.103. The van der Waals surface area contributed by atoms with E-state index in [-0.39, 0.29) is 18.2 Å². The van der Waals surface area contributed by atoms with E-state index < -0.39 is 0 Å². The minimum atomic E-state index is -0.114. The normalized spacial score (nSPS) is 10.9. The average molecular weight is 397 g/mol. The van der Waals surface area contributed by atoms with Crippen molar-refractivity contribution in [2.75, 3.05) is 23.9 Å². The van der Waals surface area contributed by atoms with Crippen LogP contribution in [0.1, 0.15) is 64.0 Å². The van der Waals surface area contributed by atoms with Gasteiger partial charge in [0.25, 0.3) is 0 Å². The summed E-state index contributed by atoms with van der Waals surface area (Å²) in [5.41, 5.74) is 3.87. The first-order chi connectivity index (χ1) is 13.7. The molecule has 0 saturated carbocycles. The van der Waals surface area contributed by atoms with E-state index >= 15 is 0 Å². The number of nitrogens with one attached hydrogen (secondary N) is 1. The van der Waals surface area contributed by atoms with Gasteiger partial charge in [0.1, 0.15) is 5.75 Å². The van der Waals surface area contributed by atoms with Crippen molar-refractivity contribution in [3.63, 3.8) is 0 Å². The number of nitrogens with zero attached hydrogens (tertiary/aromatic N) is 1. The van der Waals surface area contributed by atoms with Gasteiger partial charge in [0, 0.05) is 37.3 Å². The van der Waals surface area contributed by atoms with Crippen molar-refractivity contribution in [1.82, 2.24) is 0 Å². The van der Waals surface area contributed by atoms with Gasteiger partial charge in [0.05, 0.1) is 7.11 Å². The summed E-state index contributed by atoms with van der Waals surface area (Å²) in [6, 6.07) is 13.5. The molecule has 0 aliphatic rings. The first-order valence-electron chi connectivity index (χ1n) is 10.1. The zero-order valence-electron chi connectivity index (χ0n) is 18.3. The Balaban J connectivity index is 2.17. The molecule has 0 atom stereocenters. The van der Waals surface area contributed by atoms with Gasteiger partial charge in [-0.1, -0.05) is 52.0 Å². The predicted octanol–water partition coefficient (Wildman–Crippen LogP) is 5.32. The first-order valence-corrected chi connectivity index (χ1v) is 10.1. The van der Waals surface area contributed by atoms with Gasteiger partial charge in [-0.15, -0.1) is 0 Å². The number of ether oxygens (including phenoxy) is 1. The number of anilines is 2. The fourth-order valence-corrected chi connectivity index (χ4v) is 3.36. The molecule has 5 heteroatoms. The van der Waals surface area contributed by atoms with E-state index in [1.807, 2.05) is 24.3 Å². The lowest BCUT2D eigenvalue weighted by Crippen LogP contribution is -2.32. The molecule has 0 unspecified atom stereocenters. The maximum atomic E-state index is 12.8. The van der Waals surface area contributed by atoms with Crippen LogP contribution in [-0.2, 0) is 9.59 Å². The highest BCUT2D eigenvalue weighted by Gasteiger charge is 2.18. The summed E-state index contributed by atoms with van der Waals surface area (Å²) in [6.45, 7) is 10.3. The van der Waals surface area contributed by atoms with E-state index in [1.165, 1.54) is 6.92 Å². The molecule has 0 saturated heterocycles. The van der Waals surface area contributed by atoms with Crippen LogP contribution in [0.2, 0.25) is 0 Å². The second kappa shape index (κ2) is 10.1. The van der Waals surface area contributed by atoms with Crippen LogP contribution in [0, 0.1) is 0 Å². The second-order valence-corrected chi connectivity index (χ2v) is 7.79. The molecule has 2 rings (SSSR count). The van der Waals surface area contributed by atoms with Gasteiger partial charge in [-0.05, 0) is 35.1 Å². The summed E-state index contributed by atoms with van der Waals surface area (Å²) in [6.07, 6.45) is 0.209. The number of amides is 2. The molecule has 0 spiro atoms. The SMILES string of the molecule is COc1cccc(N(CCC(=O)Nc2c(C(C)C)cccc2C(C)C)C(C)=O)c1. The van der Waals surface area contributed by atoms with Crippen molar-refractivity contribution >= 4 is 23.2 Å². The third-order valence-corrected chi connectivity index (χ3v) is 4.94. The van der Waals surface area contributed by atoms with Gasteiger partial charge in [-0.25, -0.2) is 0 Å². The predicted molar refractivity (Wildman–Crippen MR) is 119 cm³/mol. The third-order valence-electron chi connectivity index (χ3n) is 4.94. The molecule has 0 aromatic heterocycles. The summed E-state index contributed by atoms with van der Waals surface area (Å²) in [7, 11) is 1.59. The van der Waals surface area contributed by atoms with Gasteiger partial charge in [0.15, 0.2) is 0 Å². The number of benzene rings is 2. The molecule has 0 radical (unpaired) electrons. The molecular formula is C24H32N2O3. The van der Waals surface area contributed by atoms with Crippen molar-refractivity contribution in [1.29, 1.82) is 0 Å². The van der Waals surface area contributed by atoms with Crippen LogP contribution in [0.15, 0.2) is 42.5 Å². The van der Waals surface area contributed by atoms with Crippen molar-refractivity contribution in [3.05, 3.63) is 53.6 Å². The average Bonchev–Trinajstić information content (AvgIpc) is 2.67. The minimum Gasteiger partial charge on any atom is -0.497 e. The van der Waals surface area contributed by atoms with Crippen LogP contribution in [-0.4, -0.2) is 25.5 Å². The Morgan fingerprint density at radius 3 is 2.10 bits per heavy atom. The van der Waals surface area contributed by atoms with E-state index in [0.717, 1.165) is 22.5 Å². The largest absolute Gasteiger partial charge is 0.497 e. The van der Waals surface area contributed by atoms with Crippen LogP contribution in [0.4, 0.5) is 11.4 Å². The van der Waals surface area contributed by atoms with Gasteiger partial charge < -0.3 is 15.0 Å². The fraction of sp³-hybridized carbons (Fsp3) is 0.417. The molecule has 2 aromatic rings. The molecule has 2 aromatic carbocycles. The monoisotopic (exact) mass is 396 g/mol. The highest BCUT2D eigenvalue weighted by molar-refractivity contribution is 5.95. The molecule has 5 nitrogen and oxygen atoms in total. The molecular weight excluding hydrogens is 364 g/mol.